The first-order chi connectivity index (χ1) is 14.0. The third kappa shape index (κ3) is 4.04. The van der Waals surface area contributed by atoms with Crippen LogP contribution in [0.5, 0.6) is 0 Å². The maximum atomic E-state index is 13.0. The molecule has 2 heterocycles. The van der Waals surface area contributed by atoms with Crippen LogP contribution < -0.4 is 5.32 Å². The predicted molar refractivity (Wildman–Crippen MR) is 110 cm³/mol. The molecule has 0 unspecified atom stereocenters. The number of nitrogens with zero attached hydrogens (tertiary/aromatic N) is 1. The molecule has 2 saturated heterocycles. The third-order valence-corrected chi connectivity index (χ3v) is 5.72. The highest BCUT2D eigenvalue weighted by atomic mass is 16.7. The number of benzene rings is 2. The molecule has 2 aromatic rings. The molecule has 0 saturated carbocycles. The zero-order chi connectivity index (χ0) is 20.4. The Morgan fingerprint density at radius 2 is 1.52 bits per heavy atom. The molecule has 29 heavy (non-hydrogen) atoms. The number of likely N-dealkylation sites (tertiary alicyclic amines) is 1. The summed E-state index contributed by atoms with van der Waals surface area (Å²) in [7, 11) is 0. The van der Waals surface area contributed by atoms with Gasteiger partial charge in [-0.05, 0) is 43.2 Å². The fraction of sp³-hybridized carbons (Fsp3) is 0.391. The lowest BCUT2D eigenvalue weighted by atomic mass is 10.0. The van der Waals surface area contributed by atoms with Crippen molar-refractivity contribution in [2.24, 2.45) is 0 Å². The van der Waals surface area contributed by atoms with Gasteiger partial charge in [-0.15, -0.1) is 0 Å². The molecule has 6 heteroatoms. The topological polar surface area (TPSA) is 67.9 Å². The molecule has 152 valence electrons. The van der Waals surface area contributed by atoms with Gasteiger partial charge in [0.05, 0.1) is 13.2 Å². The summed E-state index contributed by atoms with van der Waals surface area (Å²) in [5.74, 6) is -0.800. The van der Waals surface area contributed by atoms with Gasteiger partial charge in [-0.25, -0.2) is 0 Å². The minimum absolute atomic E-state index is 0.0698. The van der Waals surface area contributed by atoms with Gasteiger partial charge in [0.25, 0.3) is 11.8 Å². The van der Waals surface area contributed by atoms with E-state index in [4.69, 9.17) is 9.47 Å². The summed E-state index contributed by atoms with van der Waals surface area (Å²) in [5.41, 5.74) is 3.80. The summed E-state index contributed by atoms with van der Waals surface area (Å²) in [4.78, 5) is 27.5. The molecular formula is C23H26N2O4. The smallest absolute Gasteiger partial charge is 0.255 e. The quantitative estimate of drug-likeness (QED) is 0.865. The number of rotatable bonds is 3. The second-order valence-electron chi connectivity index (χ2n) is 7.70. The number of hydrogen-bond donors (Lipinski definition) is 1. The van der Waals surface area contributed by atoms with Crippen LogP contribution in [-0.2, 0) is 9.47 Å². The summed E-state index contributed by atoms with van der Waals surface area (Å²) in [6, 6.07) is 12.8. The minimum Gasteiger partial charge on any atom is -0.347 e. The van der Waals surface area contributed by atoms with E-state index in [2.05, 4.69) is 5.32 Å². The molecule has 0 atom stereocenters. The Morgan fingerprint density at radius 3 is 2.17 bits per heavy atom. The summed E-state index contributed by atoms with van der Waals surface area (Å²) in [6.07, 6.45) is 1.34. The van der Waals surface area contributed by atoms with E-state index in [0.29, 0.717) is 50.3 Å². The van der Waals surface area contributed by atoms with E-state index in [0.717, 1.165) is 16.8 Å². The first-order valence-electron chi connectivity index (χ1n) is 10.0. The summed E-state index contributed by atoms with van der Waals surface area (Å²) < 4.78 is 11.5. The van der Waals surface area contributed by atoms with Crippen molar-refractivity contribution < 1.29 is 19.1 Å². The number of hydrogen-bond acceptors (Lipinski definition) is 4. The van der Waals surface area contributed by atoms with Crippen LogP contribution in [-0.4, -0.2) is 48.8 Å². The Labute approximate surface area is 170 Å². The SMILES string of the molecule is Cc1cccc(C)c1NC(=O)c1cccc(C(=O)N2CCC3(CC2)OCCO3)c1. The Bertz CT molecular complexity index is 904. The van der Waals surface area contributed by atoms with Crippen molar-refractivity contribution in [1.82, 2.24) is 4.90 Å². The first-order valence-corrected chi connectivity index (χ1v) is 10.0. The van der Waals surface area contributed by atoms with E-state index in [1.165, 1.54) is 0 Å². The second kappa shape index (κ2) is 7.97. The van der Waals surface area contributed by atoms with Crippen molar-refractivity contribution in [3.05, 3.63) is 64.7 Å². The van der Waals surface area contributed by atoms with Crippen LogP contribution in [0.1, 0.15) is 44.7 Å². The first kappa shape index (κ1) is 19.6. The van der Waals surface area contributed by atoms with Crippen molar-refractivity contribution in [3.8, 4) is 0 Å². The molecule has 4 rings (SSSR count). The summed E-state index contributed by atoms with van der Waals surface area (Å²) in [6.45, 7) is 6.32. The minimum atomic E-state index is -0.510. The largest absolute Gasteiger partial charge is 0.347 e. The molecule has 2 aliphatic rings. The van der Waals surface area contributed by atoms with Gasteiger partial charge in [-0.1, -0.05) is 24.3 Å². The number of anilines is 1. The van der Waals surface area contributed by atoms with Crippen LogP contribution >= 0.6 is 0 Å². The Kier molecular flexibility index (Phi) is 5.39. The van der Waals surface area contributed by atoms with Crippen LogP contribution in [0.25, 0.3) is 0 Å². The molecule has 2 aliphatic heterocycles. The zero-order valence-corrected chi connectivity index (χ0v) is 16.9. The molecule has 2 fully saturated rings. The van der Waals surface area contributed by atoms with E-state index in [-0.39, 0.29) is 11.8 Å². The van der Waals surface area contributed by atoms with Crippen LogP contribution in [0.4, 0.5) is 5.69 Å². The van der Waals surface area contributed by atoms with Crippen molar-refractivity contribution >= 4 is 17.5 Å². The monoisotopic (exact) mass is 394 g/mol. The predicted octanol–water partition coefficient (Wildman–Crippen LogP) is 3.53. The van der Waals surface area contributed by atoms with E-state index in [1.54, 1.807) is 29.2 Å². The number of piperidine rings is 1. The molecule has 2 aromatic carbocycles. The van der Waals surface area contributed by atoms with Crippen molar-refractivity contribution in [2.45, 2.75) is 32.5 Å². The lowest BCUT2D eigenvalue weighted by molar-refractivity contribution is -0.181. The van der Waals surface area contributed by atoms with Gasteiger partial charge in [-0.2, -0.15) is 0 Å². The third-order valence-electron chi connectivity index (χ3n) is 5.72. The Balaban J connectivity index is 1.45. The van der Waals surface area contributed by atoms with Gasteiger partial charge >= 0.3 is 0 Å². The normalized spacial score (nSPS) is 18.1. The van der Waals surface area contributed by atoms with Crippen LogP contribution in [0.15, 0.2) is 42.5 Å². The zero-order valence-electron chi connectivity index (χ0n) is 16.9. The van der Waals surface area contributed by atoms with Gasteiger partial charge in [0.1, 0.15) is 0 Å². The van der Waals surface area contributed by atoms with E-state index < -0.39 is 5.79 Å². The van der Waals surface area contributed by atoms with Gasteiger partial charge in [0.2, 0.25) is 0 Å². The molecule has 1 spiro atoms. The lowest BCUT2D eigenvalue weighted by Crippen LogP contribution is -2.47. The number of carbonyl (C=O) groups excluding carboxylic acids is 2. The van der Waals surface area contributed by atoms with E-state index in [1.807, 2.05) is 32.0 Å². The Hall–Kier alpha value is -2.70. The number of aryl methyl sites for hydroxylation is 2. The maximum Gasteiger partial charge on any atom is 0.255 e. The number of ether oxygens (including phenoxy) is 2. The summed E-state index contributed by atoms with van der Waals surface area (Å²) >= 11 is 0. The molecule has 1 N–H and O–H groups in total. The fourth-order valence-electron chi connectivity index (χ4n) is 4.01. The average molecular weight is 394 g/mol. The Morgan fingerprint density at radius 1 is 0.931 bits per heavy atom. The highest BCUT2D eigenvalue weighted by Gasteiger charge is 2.40. The van der Waals surface area contributed by atoms with E-state index in [9.17, 15) is 9.59 Å². The van der Waals surface area contributed by atoms with Crippen molar-refractivity contribution in [2.75, 3.05) is 31.6 Å². The molecule has 0 radical (unpaired) electrons. The van der Waals surface area contributed by atoms with Crippen LogP contribution in [0.3, 0.4) is 0 Å². The number of amides is 2. The molecule has 0 bridgehead atoms. The molecule has 6 nitrogen and oxygen atoms in total. The van der Waals surface area contributed by atoms with Crippen molar-refractivity contribution in [3.63, 3.8) is 0 Å². The molecule has 0 aromatic heterocycles. The molecule has 0 aliphatic carbocycles. The fourth-order valence-corrected chi connectivity index (χ4v) is 4.01. The highest BCUT2D eigenvalue weighted by molar-refractivity contribution is 6.06. The number of para-hydroxylation sites is 1. The van der Waals surface area contributed by atoms with Gasteiger partial charge in [0, 0.05) is 42.7 Å². The van der Waals surface area contributed by atoms with Gasteiger partial charge < -0.3 is 19.7 Å². The highest BCUT2D eigenvalue weighted by Crippen LogP contribution is 2.31. The summed E-state index contributed by atoms with van der Waals surface area (Å²) in [5, 5.41) is 2.98. The van der Waals surface area contributed by atoms with Crippen LogP contribution in [0.2, 0.25) is 0 Å². The van der Waals surface area contributed by atoms with Gasteiger partial charge in [-0.3, -0.25) is 9.59 Å². The maximum absolute atomic E-state index is 13.0. The van der Waals surface area contributed by atoms with Crippen LogP contribution in [0, 0.1) is 13.8 Å². The molecule has 2 amide bonds. The number of carbonyl (C=O) groups is 2. The standard InChI is InChI=1S/C23H26N2O4/c1-16-5-3-6-17(2)20(16)24-21(26)18-7-4-8-19(15-18)22(27)25-11-9-23(10-12-25)28-13-14-29-23/h3-8,15H,9-14H2,1-2H3,(H,24,26). The average Bonchev–Trinajstić information content (AvgIpc) is 3.19. The second-order valence-corrected chi connectivity index (χ2v) is 7.70. The van der Waals surface area contributed by atoms with Gasteiger partial charge in [0.15, 0.2) is 5.79 Å². The number of nitrogens with one attached hydrogen (secondary N) is 1. The van der Waals surface area contributed by atoms with E-state index >= 15 is 0 Å². The molecular weight excluding hydrogens is 368 g/mol. The lowest BCUT2D eigenvalue weighted by Gasteiger charge is -2.37. The van der Waals surface area contributed by atoms with Crippen molar-refractivity contribution in [1.29, 1.82) is 0 Å².